The number of rotatable bonds is 4. The Hall–Kier alpha value is -2.56. The van der Waals surface area contributed by atoms with Gasteiger partial charge in [0.25, 0.3) is 0 Å². The van der Waals surface area contributed by atoms with Crippen LogP contribution in [0, 0.1) is 0 Å². The highest BCUT2D eigenvalue weighted by atomic mass is 16.5. The molecule has 2 rings (SSSR count). The Morgan fingerprint density at radius 2 is 1.40 bits per heavy atom. The average molecular weight is 275 g/mol. The van der Waals surface area contributed by atoms with Crippen molar-refractivity contribution < 1.29 is 19.3 Å². The van der Waals surface area contributed by atoms with E-state index in [1.807, 2.05) is 30.3 Å². The second-order valence-corrected chi connectivity index (χ2v) is 4.10. The molecule has 0 saturated carbocycles. The minimum atomic E-state index is -0.0680. The molecule has 2 aromatic carbocycles. The van der Waals surface area contributed by atoms with E-state index in [4.69, 9.17) is 19.9 Å². The summed E-state index contributed by atoms with van der Waals surface area (Å²) in [5.74, 6) is 0.721. The summed E-state index contributed by atoms with van der Waals surface area (Å²) < 4.78 is 15.7. The highest BCUT2D eigenvalue weighted by Crippen LogP contribution is 2.53. The average Bonchev–Trinajstić information content (AvgIpc) is 2.49. The third-order valence-electron chi connectivity index (χ3n) is 3.05. The Kier molecular flexibility index (Phi) is 3.89. The van der Waals surface area contributed by atoms with Crippen LogP contribution >= 0.6 is 0 Å². The normalized spacial score (nSPS) is 10.2. The fourth-order valence-electron chi connectivity index (χ4n) is 2.17. The zero-order chi connectivity index (χ0) is 14.7. The molecule has 0 aliphatic carbocycles. The fraction of sp³-hybridized carbons (Fsp3) is 0.200. The molecule has 5 nitrogen and oxygen atoms in total. The van der Waals surface area contributed by atoms with Gasteiger partial charge in [0.15, 0.2) is 17.2 Å². The van der Waals surface area contributed by atoms with Gasteiger partial charge in [-0.15, -0.1) is 0 Å². The molecule has 5 heteroatoms. The zero-order valence-electron chi connectivity index (χ0n) is 11.6. The van der Waals surface area contributed by atoms with Crippen LogP contribution in [0.3, 0.4) is 0 Å². The van der Waals surface area contributed by atoms with Gasteiger partial charge in [0.2, 0.25) is 5.75 Å². The van der Waals surface area contributed by atoms with Crippen molar-refractivity contribution in [3.63, 3.8) is 0 Å². The van der Waals surface area contributed by atoms with Crippen molar-refractivity contribution in [2.75, 3.05) is 27.1 Å². The van der Waals surface area contributed by atoms with Gasteiger partial charge in [-0.25, -0.2) is 0 Å². The molecule has 0 heterocycles. The molecule has 0 bridgehead atoms. The summed E-state index contributed by atoms with van der Waals surface area (Å²) in [5.41, 5.74) is 7.58. The van der Waals surface area contributed by atoms with Crippen molar-refractivity contribution in [2.24, 2.45) is 0 Å². The van der Waals surface area contributed by atoms with Gasteiger partial charge < -0.3 is 25.1 Å². The third kappa shape index (κ3) is 2.07. The van der Waals surface area contributed by atoms with E-state index in [1.54, 1.807) is 0 Å². The topological polar surface area (TPSA) is 73.9 Å². The predicted octanol–water partition coefficient (Wildman–Crippen LogP) is 2.67. The number of hydrogen-bond acceptors (Lipinski definition) is 5. The monoisotopic (exact) mass is 275 g/mol. The molecule has 0 amide bonds. The van der Waals surface area contributed by atoms with E-state index in [1.165, 1.54) is 21.3 Å². The molecule has 0 aliphatic heterocycles. The third-order valence-corrected chi connectivity index (χ3v) is 3.05. The van der Waals surface area contributed by atoms with Crippen LogP contribution in [0.25, 0.3) is 11.1 Å². The lowest BCUT2D eigenvalue weighted by atomic mass is 10.0. The second-order valence-electron chi connectivity index (χ2n) is 4.10. The molecule has 0 saturated heterocycles. The fourth-order valence-corrected chi connectivity index (χ4v) is 2.17. The summed E-state index contributed by atoms with van der Waals surface area (Å²) in [6.45, 7) is 0. The maximum Gasteiger partial charge on any atom is 0.206 e. The molecule has 0 unspecified atom stereocenters. The second kappa shape index (κ2) is 5.61. The van der Waals surface area contributed by atoms with Gasteiger partial charge >= 0.3 is 0 Å². The van der Waals surface area contributed by atoms with Crippen molar-refractivity contribution in [2.45, 2.75) is 0 Å². The number of ether oxygens (including phenoxy) is 3. The number of aromatic hydroxyl groups is 1. The Balaban J connectivity index is 2.83. The largest absolute Gasteiger partial charge is 0.504 e. The molecule has 3 N–H and O–H groups in total. The van der Waals surface area contributed by atoms with E-state index in [9.17, 15) is 5.11 Å². The van der Waals surface area contributed by atoms with Crippen molar-refractivity contribution >= 4 is 5.69 Å². The smallest absolute Gasteiger partial charge is 0.206 e. The van der Waals surface area contributed by atoms with Gasteiger partial charge in [-0.2, -0.15) is 0 Å². The van der Waals surface area contributed by atoms with Crippen molar-refractivity contribution in [1.29, 1.82) is 0 Å². The summed E-state index contributed by atoms with van der Waals surface area (Å²) in [6.07, 6.45) is 0. The lowest BCUT2D eigenvalue weighted by molar-refractivity contribution is 0.330. The summed E-state index contributed by atoms with van der Waals surface area (Å²) >= 11 is 0. The van der Waals surface area contributed by atoms with Crippen molar-refractivity contribution in [3.05, 3.63) is 30.3 Å². The van der Waals surface area contributed by atoms with E-state index in [0.29, 0.717) is 11.3 Å². The number of methoxy groups -OCH3 is 3. The van der Waals surface area contributed by atoms with Crippen LogP contribution in [-0.2, 0) is 0 Å². The van der Waals surface area contributed by atoms with Crippen LogP contribution in [-0.4, -0.2) is 26.4 Å². The molecular weight excluding hydrogens is 258 g/mol. The van der Waals surface area contributed by atoms with Crippen molar-refractivity contribution in [1.82, 2.24) is 0 Å². The van der Waals surface area contributed by atoms with Crippen LogP contribution in [0.5, 0.6) is 23.0 Å². The summed E-state index contributed by atoms with van der Waals surface area (Å²) in [7, 11) is 4.39. The molecule has 0 atom stereocenters. The minimum Gasteiger partial charge on any atom is -0.504 e. The van der Waals surface area contributed by atoms with Crippen LogP contribution < -0.4 is 19.9 Å². The van der Waals surface area contributed by atoms with Crippen molar-refractivity contribution in [3.8, 4) is 34.1 Å². The van der Waals surface area contributed by atoms with E-state index in [0.717, 1.165) is 5.56 Å². The molecule has 106 valence electrons. The van der Waals surface area contributed by atoms with Gasteiger partial charge in [0.05, 0.1) is 26.9 Å². The number of phenols is 1. The maximum absolute atomic E-state index is 10.5. The first kappa shape index (κ1) is 13.9. The van der Waals surface area contributed by atoms with Crippen LogP contribution in [0.2, 0.25) is 0 Å². The lowest BCUT2D eigenvalue weighted by Crippen LogP contribution is -2.02. The van der Waals surface area contributed by atoms with Gasteiger partial charge in [0.1, 0.15) is 5.69 Å². The predicted molar refractivity (Wildman–Crippen MR) is 77.6 cm³/mol. The number of hydrogen-bond donors (Lipinski definition) is 2. The quantitative estimate of drug-likeness (QED) is 0.663. The molecule has 2 aromatic rings. The molecule has 0 aromatic heterocycles. The zero-order valence-corrected chi connectivity index (χ0v) is 11.6. The minimum absolute atomic E-state index is 0.0680. The van der Waals surface area contributed by atoms with Gasteiger partial charge in [-0.3, -0.25) is 0 Å². The Morgan fingerprint density at radius 1 is 0.850 bits per heavy atom. The molecule has 0 fully saturated rings. The SMILES string of the molecule is COc1c(N)c(OC)c(-c2ccccc2)c(O)c1OC. The Labute approximate surface area is 117 Å². The summed E-state index contributed by atoms with van der Waals surface area (Å²) in [6, 6.07) is 9.31. The molecule has 0 radical (unpaired) electrons. The van der Waals surface area contributed by atoms with Crippen LogP contribution in [0.4, 0.5) is 5.69 Å². The molecule has 0 aliphatic rings. The van der Waals surface area contributed by atoms with E-state index in [-0.39, 0.29) is 22.9 Å². The molecular formula is C15H17NO4. The number of nitrogens with two attached hydrogens (primary N) is 1. The van der Waals surface area contributed by atoms with Gasteiger partial charge in [-0.05, 0) is 5.56 Å². The van der Waals surface area contributed by atoms with Crippen LogP contribution in [0.1, 0.15) is 0 Å². The van der Waals surface area contributed by atoms with Crippen LogP contribution in [0.15, 0.2) is 30.3 Å². The lowest BCUT2D eigenvalue weighted by Gasteiger charge is -2.19. The van der Waals surface area contributed by atoms with Gasteiger partial charge in [0, 0.05) is 0 Å². The standard InChI is InChI=1S/C15H17NO4/c1-18-13-10(9-7-5-4-6-8-9)12(17)15(20-3)14(19-2)11(13)16/h4-8,17H,16H2,1-3H3. The number of benzene rings is 2. The highest BCUT2D eigenvalue weighted by Gasteiger charge is 2.25. The van der Waals surface area contributed by atoms with Gasteiger partial charge in [-0.1, -0.05) is 30.3 Å². The number of anilines is 1. The highest BCUT2D eigenvalue weighted by molar-refractivity contribution is 5.89. The van der Waals surface area contributed by atoms with E-state index in [2.05, 4.69) is 0 Å². The molecule has 0 spiro atoms. The number of nitrogen functional groups attached to an aromatic ring is 1. The first-order chi connectivity index (χ1) is 9.65. The maximum atomic E-state index is 10.5. The number of phenolic OH excluding ortho intramolecular Hbond substituents is 1. The first-order valence-corrected chi connectivity index (χ1v) is 6.01. The van der Waals surface area contributed by atoms with E-state index >= 15 is 0 Å². The molecule has 20 heavy (non-hydrogen) atoms. The van der Waals surface area contributed by atoms with E-state index < -0.39 is 0 Å². The Morgan fingerprint density at radius 3 is 1.90 bits per heavy atom. The Bertz CT molecular complexity index is 611. The summed E-state index contributed by atoms with van der Waals surface area (Å²) in [4.78, 5) is 0. The first-order valence-electron chi connectivity index (χ1n) is 6.01. The summed E-state index contributed by atoms with van der Waals surface area (Å²) in [5, 5.41) is 10.5.